The van der Waals surface area contributed by atoms with Crippen LogP contribution in [-0.4, -0.2) is 34.6 Å². The van der Waals surface area contributed by atoms with Gasteiger partial charge in [-0.2, -0.15) is 0 Å². The van der Waals surface area contributed by atoms with Gasteiger partial charge in [-0.05, 0) is 6.07 Å². The van der Waals surface area contributed by atoms with Crippen LogP contribution in [0.1, 0.15) is 10.5 Å². The van der Waals surface area contributed by atoms with Crippen molar-refractivity contribution in [1.82, 2.24) is 9.97 Å². The summed E-state index contributed by atoms with van der Waals surface area (Å²) in [5.74, 6) is -0.676. The lowest BCUT2D eigenvalue weighted by molar-refractivity contribution is 0.0690. The van der Waals surface area contributed by atoms with Gasteiger partial charge in [0, 0.05) is 19.8 Å². The van der Waals surface area contributed by atoms with E-state index in [-0.39, 0.29) is 5.69 Å². The van der Waals surface area contributed by atoms with E-state index in [1.54, 1.807) is 18.0 Å². The molecule has 0 radical (unpaired) electrons. The highest BCUT2D eigenvalue weighted by molar-refractivity contribution is 5.85. The van der Waals surface area contributed by atoms with Gasteiger partial charge in [0.25, 0.3) is 0 Å². The Morgan fingerprint density at radius 2 is 2.50 bits per heavy atom. The Kier molecular flexibility index (Phi) is 3.17. The van der Waals surface area contributed by atoms with Crippen molar-refractivity contribution in [3.05, 3.63) is 30.6 Å². The fourth-order valence-electron chi connectivity index (χ4n) is 0.927. The smallest absolute Gasteiger partial charge is 0.354 e. The van der Waals surface area contributed by atoms with Crippen molar-refractivity contribution in [2.75, 3.05) is 18.5 Å². The molecule has 1 heterocycles. The van der Waals surface area contributed by atoms with E-state index in [9.17, 15) is 4.79 Å². The van der Waals surface area contributed by atoms with Crippen molar-refractivity contribution in [2.45, 2.75) is 0 Å². The molecular formula is C9H11N3O2. The predicted octanol–water partition coefficient (Wildman–Crippen LogP) is 0.797. The largest absolute Gasteiger partial charge is 0.477 e. The fraction of sp³-hybridized carbons (Fsp3) is 0.222. The third kappa shape index (κ3) is 2.29. The zero-order valence-electron chi connectivity index (χ0n) is 7.84. The van der Waals surface area contributed by atoms with Gasteiger partial charge < -0.3 is 10.0 Å². The summed E-state index contributed by atoms with van der Waals surface area (Å²) in [6, 6.07) is 1.35. The SMILES string of the molecule is C=CCN(C)c1nccc(C(=O)O)n1. The average Bonchev–Trinajstić information content (AvgIpc) is 2.18. The molecule has 0 atom stereocenters. The third-order valence-corrected chi connectivity index (χ3v) is 1.61. The number of carbonyl (C=O) groups is 1. The molecule has 0 bridgehead atoms. The number of aromatic nitrogens is 2. The van der Waals surface area contributed by atoms with E-state index in [1.165, 1.54) is 12.3 Å². The number of hydrogen-bond acceptors (Lipinski definition) is 4. The minimum absolute atomic E-state index is 0.00841. The average molecular weight is 193 g/mol. The molecule has 0 spiro atoms. The number of hydrogen-bond donors (Lipinski definition) is 1. The van der Waals surface area contributed by atoms with Crippen molar-refractivity contribution in [2.24, 2.45) is 0 Å². The number of rotatable bonds is 4. The van der Waals surface area contributed by atoms with Crippen molar-refractivity contribution < 1.29 is 9.90 Å². The normalized spacial score (nSPS) is 9.50. The summed E-state index contributed by atoms with van der Waals surface area (Å²) in [6.45, 7) is 4.14. The van der Waals surface area contributed by atoms with Crippen LogP contribution in [-0.2, 0) is 0 Å². The predicted molar refractivity (Wildman–Crippen MR) is 52.5 cm³/mol. The maximum absolute atomic E-state index is 10.6. The minimum Gasteiger partial charge on any atom is -0.477 e. The molecule has 5 heteroatoms. The van der Waals surface area contributed by atoms with Crippen LogP contribution in [0.2, 0.25) is 0 Å². The van der Waals surface area contributed by atoms with Crippen LogP contribution in [0.5, 0.6) is 0 Å². The lowest BCUT2D eigenvalue weighted by atomic mass is 10.4. The Bertz CT molecular complexity index is 352. The molecule has 0 unspecified atom stereocenters. The summed E-state index contributed by atoms with van der Waals surface area (Å²) in [4.78, 5) is 20.1. The van der Waals surface area contributed by atoms with Crippen LogP contribution in [0, 0.1) is 0 Å². The van der Waals surface area contributed by atoms with E-state index in [0.29, 0.717) is 12.5 Å². The summed E-state index contributed by atoms with van der Waals surface area (Å²) in [7, 11) is 1.77. The Hall–Kier alpha value is -1.91. The molecule has 0 aliphatic heterocycles. The molecule has 0 aliphatic rings. The fourth-order valence-corrected chi connectivity index (χ4v) is 0.927. The first-order chi connectivity index (χ1) is 6.65. The quantitative estimate of drug-likeness (QED) is 0.716. The summed E-state index contributed by atoms with van der Waals surface area (Å²) in [5.41, 5.74) is -0.00841. The highest BCUT2D eigenvalue weighted by Gasteiger charge is 2.08. The van der Waals surface area contributed by atoms with Gasteiger partial charge in [0.05, 0.1) is 0 Å². The summed E-state index contributed by atoms with van der Waals surface area (Å²) >= 11 is 0. The van der Waals surface area contributed by atoms with Gasteiger partial charge >= 0.3 is 5.97 Å². The van der Waals surface area contributed by atoms with Gasteiger partial charge in [-0.3, -0.25) is 0 Å². The van der Waals surface area contributed by atoms with Crippen LogP contribution in [0.3, 0.4) is 0 Å². The van der Waals surface area contributed by atoms with Crippen LogP contribution >= 0.6 is 0 Å². The number of anilines is 1. The lowest BCUT2D eigenvalue weighted by Gasteiger charge is -2.13. The van der Waals surface area contributed by atoms with E-state index < -0.39 is 5.97 Å². The van der Waals surface area contributed by atoms with Gasteiger partial charge in [-0.1, -0.05) is 6.08 Å². The number of carboxylic acids is 1. The molecule has 0 amide bonds. The lowest BCUT2D eigenvalue weighted by Crippen LogP contribution is -2.20. The van der Waals surface area contributed by atoms with Crippen molar-refractivity contribution in [1.29, 1.82) is 0 Å². The zero-order valence-corrected chi connectivity index (χ0v) is 7.84. The van der Waals surface area contributed by atoms with Crippen molar-refractivity contribution >= 4 is 11.9 Å². The van der Waals surface area contributed by atoms with Gasteiger partial charge in [-0.15, -0.1) is 6.58 Å². The second-order valence-electron chi connectivity index (χ2n) is 2.72. The number of carboxylic acid groups (broad SMARTS) is 1. The molecule has 5 nitrogen and oxygen atoms in total. The second-order valence-corrected chi connectivity index (χ2v) is 2.72. The molecule has 0 saturated carbocycles. The van der Waals surface area contributed by atoms with Gasteiger partial charge in [0.1, 0.15) is 0 Å². The Balaban J connectivity index is 2.93. The molecule has 0 aromatic carbocycles. The molecule has 0 aliphatic carbocycles. The Labute approximate surface area is 81.7 Å². The molecule has 14 heavy (non-hydrogen) atoms. The first-order valence-electron chi connectivity index (χ1n) is 4.03. The van der Waals surface area contributed by atoms with E-state index in [0.717, 1.165) is 0 Å². The third-order valence-electron chi connectivity index (χ3n) is 1.61. The Morgan fingerprint density at radius 1 is 1.79 bits per heavy atom. The maximum Gasteiger partial charge on any atom is 0.354 e. The summed E-state index contributed by atoms with van der Waals surface area (Å²) in [6.07, 6.45) is 3.11. The van der Waals surface area contributed by atoms with Crippen molar-refractivity contribution in [3.8, 4) is 0 Å². The minimum atomic E-state index is -1.05. The van der Waals surface area contributed by atoms with Crippen LogP contribution in [0.25, 0.3) is 0 Å². The molecule has 74 valence electrons. The van der Waals surface area contributed by atoms with E-state index in [4.69, 9.17) is 5.11 Å². The van der Waals surface area contributed by atoms with Crippen LogP contribution in [0.15, 0.2) is 24.9 Å². The molecule has 1 aromatic heterocycles. The highest BCUT2D eigenvalue weighted by atomic mass is 16.4. The topological polar surface area (TPSA) is 66.3 Å². The molecule has 0 saturated heterocycles. The number of aromatic carboxylic acids is 1. The van der Waals surface area contributed by atoms with Crippen LogP contribution in [0.4, 0.5) is 5.95 Å². The molecule has 1 aromatic rings. The van der Waals surface area contributed by atoms with Crippen molar-refractivity contribution in [3.63, 3.8) is 0 Å². The van der Waals surface area contributed by atoms with E-state index in [1.807, 2.05) is 0 Å². The highest BCUT2D eigenvalue weighted by Crippen LogP contribution is 2.04. The first-order valence-corrected chi connectivity index (χ1v) is 4.03. The van der Waals surface area contributed by atoms with E-state index >= 15 is 0 Å². The van der Waals surface area contributed by atoms with Crippen LogP contribution < -0.4 is 4.90 Å². The van der Waals surface area contributed by atoms with Gasteiger partial charge in [0.15, 0.2) is 5.69 Å². The zero-order chi connectivity index (χ0) is 10.6. The number of nitrogens with zero attached hydrogens (tertiary/aromatic N) is 3. The molecule has 0 fully saturated rings. The second kappa shape index (κ2) is 4.36. The van der Waals surface area contributed by atoms with Gasteiger partial charge in [0.2, 0.25) is 5.95 Å². The summed E-state index contributed by atoms with van der Waals surface area (Å²) < 4.78 is 0. The Morgan fingerprint density at radius 3 is 3.07 bits per heavy atom. The van der Waals surface area contributed by atoms with Gasteiger partial charge in [-0.25, -0.2) is 14.8 Å². The maximum atomic E-state index is 10.6. The summed E-state index contributed by atoms with van der Waals surface area (Å²) in [5, 5.41) is 8.69. The first kappa shape index (κ1) is 10.2. The number of likely N-dealkylation sites (N-methyl/N-ethyl adjacent to an activating group) is 1. The molecule has 1 N–H and O–H groups in total. The molecular weight excluding hydrogens is 182 g/mol. The van der Waals surface area contributed by atoms with E-state index in [2.05, 4.69) is 16.5 Å². The molecule has 1 rings (SSSR count). The standard InChI is InChI=1S/C9H11N3O2/c1-3-6-12(2)9-10-5-4-7(11-9)8(13)14/h3-5H,1,6H2,2H3,(H,13,14). The monoisotopic (exact) mass is 193 g/mol.